The summed E-state index contributed by atoms with van der Waals surface area (Å²) in [5.41, 5.74) is 0.403. The summed E-state index contributed by atoms with van der Waals surface area (Å²) in [6.45, 7) is -0.179. The molecule has 0 aliphatic heterocycles. The number of carboxylic acid groups (broad SMARTS) is 1. The Kier molecular flexibility index (Phi) is 4.34. The molecule has 2 aromatic carbocycles. The Bertz CT molecular complexity index is 659. The van der Waals surface area contributed by atoms with E-state index < -0.39 is 17.6 Å². The number of hydrogen-bond donors (Lipinski definition) is 1. The molecule has 6 heteroatoms. The molecular weight excluding hydrogens is 334 g/mol. The first-order valence-electron chi connectivity index (χ1n) is 5.57. The Morgan fingerprint density at radius 3 is 2.70 bits per heavy atom. The lowest BCUT2D eigenvalue weighted by atomic mass is 10.1. The third-order valence-corrected chi connectivity index (χ3v) is 3.09. The van der Waals surface area contributed by atoms with Gasteiger partial charge in [-0.2, -0.15) is 4.39 Å². The monoisotopic (exact) mass is 342 g/mol. The molecule has 2 rings (SSSR count). The summed E-state index contributed by atoms with van der Waals surface area (Å²) in [5, 5.41) is 9.05. The Morgan fingerprint density at radius 2 is 2.00 bits per heavy atom. The maximum absolute atomic E-state index is 13.4. The zero-order valence-electron chi connectivity index (χ0n) is 10.1. The molecule has 0 spiro atoms. The highest BCUT2D eigenvalue weighted by Gasteiger charge is 2.13. The molecular formula is C14H9BrF2O3. The van der Waals surface area contributed by atoms with Crippen molar-refractivity contribution in [3.63, 3.8) is 0 Å². The molecule has 2 aromatic rings. The molecule has 0 atom stereocenters. The molecule has 0 aliphatic carbocycles. The van der Waals surface area contributed by atoms with E-state index in [9.17, 15) is 13.6 Å². The zero-order chi connectivity index (χ0) is 14.7. The van der Waals surface area contributed by atoms with E-state index in [1.807, 2.05) is 0 Å². The van der Waals surface area contributed by atoms with Gasteiger partial charge < -0.3 is 9.84 Å². The quantitative estimate of drug-likeness (QED) is 0.913. The van der Waals surface area contributed by atoms with Gasteiger partial charge in [-0.3, -0.25) is 0 Å². The summed E-state index contributed by atoms with van der Waals surface area (Å²) in [6.07, 6.45) is 0. The van der Waals surface area contributed by atoms with Crippen molar-refractivity contribution in [3.05, 3.63) is 63.6 Å². The number of carboxylic acids is 1. The van der Waals surface area contributed by atoms with Gasteiger partial charge in [-0.1, -0.05) is 22.0 Å². The van der Waals surface area contributed by atoms with Gasteiger partial charge in [0.25, 0.3) is 0 Å². The van der Waals surface area contributed by atoms with Gasteiger partial charge >= 0.3 is 5.97 Å². The van der Waals surface area contributed by atoms with E-state index in [0.717, 1.165) is 6.07 Å². The Morgan fingerprint density at radius 1 is 1.25 bits per heavy atom. The van der Waals surface area contributed by atoms with Crippen LogP contribution in [0.3, 0.4) is 0 Å². The summed E-state index contributed by atoms with van der Waals surface area (Å²) in [7, 11) is 0. The predicted octanol–water partition coefficient (Wildman–Crippen LogP) is 4.00. The molecule has 3 nitrogen and oxygen atoms in total. The molecule has 0 aromatic heterocycles. The van der Waals surface area contributed by atoms with Gasteiger partial charge in [0, 0.05) is 10.0 Å². The van der Waals surface area contributed by atoms with Gasteiger partial charge in [0.05, 0.1) is 5.56 Å². The van der Waals surface area contributed by atoms with Crippen molar-refractivity contribution in [3.8, 4) is 5.75 Å². The van der Waals surface area contributed by atoms with Crippen LogP contribution in [0.15, 0.2) is 40.9 Å². The van der Waals surface area contributed by atoms with Crippen LogP contribution in [0.25, 0.3) is 0 Å². The number of ether oxygens (including phenoxy) is 1. The average molecular weight is 343 g/mol. The van der Waals surface area contributed by atoms with Crippen LogP contribution in [0.5, 0.6) is 5.75 Å². The van der Waals surface area contributed by atoms with Gasteiger partial charge in [0.15, 0.2) is 11.6 Å². The van der Waals surface area contributed by atoms with E-state index in [1.54, 1.807) is 12.1 Å². The SMILES string of the molecule is O=C(O)c1ccc(Br)cc1COc1cccc(F)c1F. The zero-order valence-corrected chi connectivity index (χ0v) is 11.7. The molecule has 1 N–H and O–H groups in total. The minimum atomic E-state index is -1.11. The lowest BCUT2D eigenvalue weighted by Gasteiger charge is -2.10. The molecule has 0 saturated carbocycles. The molecule has 0 unspecified atom stereocenters. The van der Waals surface area contributed by atoms with Gasteiger partial charge in [0.1, 0.15) is 6.61 Å². The lowest BCUT2D eigenvalue weighted by Crippen LogP contribution is -2.06. The Hall–Kier alpha value is -1.95. The third kappa shape index (κ3) is 3.14. The first-order chi connectivity index (χ1) is 9.49. The topological polar surface area (TPSA) is 46.5 Å². The average Bonchev–Trinajstić information content (AvgIpc) is 2.40. The fourth-order valence-corrected chi connectivity index (χ4v) is 2.05. The van der Waals surface area contributed by atoms with Crippen molar-refractivity contribution in [2.45, 2.75) is 6.61 Å². The number of rotatable bonds is 4. The summed E-state index contributed by atoms with van der Waals surface area (Å²) >= 11 is 3.22. The second-order valence-corrected chi connectivity index (χ2v) is 4.86. The number of carbonyl (C=O) groups is 1. The van der Waals surface area contributed by atoms with E-state index in [0.29, 0.717) is 10.0 Å². The van der Waals surface area contributed by atoms with Crippen LogP contribution in [-0.4, -0.2) is 11.1 Å². The molecule has 0 amide bonds. The van der Waals surface area contributed by atoms with Crippen molar-refractivity contribution >= 4 is 21.9 Å². The molecule has 0 bridgehead atoms. The predicted molar refractivity (Wildman–Crippen MR) is 71.8 cm³/mol. The number of halogens is 3. The second kappa shape index (κ2) is 6.00. The van der Waals surface area contributed by atoms with Crippen LogP contribution in [0, 0.1) is 11.6 Å². The van der Waals surface area contributed by atoms with Crippen molar-refractivity contribution in [2.75, 3.05) is 0 Å². The van der Waals surface area contributed by atoms with E-state index in [2.05, 4.69) is 15.9 Å². The van der Waals surface area contributed by atoms with Crippen molar-refractivity contribution < 1.29 is 23.4 Å². The van der Waals surface area contributed by atoms with Crippen LogP contribution >= 0.6 is 15.9 Å². The first kappa shape index (κ1) is 14.5. The molecule has 0 aliphatic rings. The van der Waals surface area contributed by atoms with Crippen LogP contribution in [0.1, 0.15) is 15.9 Å². The highest BCUT2D eigenvalue weighted by Crippen LogP contribution is 2.22. The molecule has 0 saturated heterocycles. The maximum atomic E-state index is 13.4. The molecule has 0 heterocycles. The lowest BCUT2D eigenvalue weighted by molar-refractivity contribution is 0.0694. The van der Waals surface area contributed by atoms with Crippen molar-refractivity contribution in [1.82, 2.24) is 0 Å². The molecule has 0 fully saturated rings. The van der Waals surface area contributed by atoms with Crippen LogP contribution in [0.4, 0.5) is 8.78 Å². The summed E-state index contributed by atoms with van der Waals surface area (Å²) in [4.78, 5) is 11.1. The number of aromatic carboxylic acids is 1. The van der Waals surface area contributed by atoms with E-state index >= 15 is 0 Å². The first-order valence-corrected chi connectivity index (χ1v) is 6.37. The molecule has 20 heavy (non-hydrogen) atoms. The van der Waals surface area contributed by atoms with E-state index in [-0.39, 0.29) is 17.9 Å². The fourth-order valence-electron chi connectivity index (χ4n) is 1.64. The smallest absolute Gasteiger partial charge is 0.336 e. The van der Waals surface area contributed by atoms with Crippen molar-refractivity contribution in [1.29, 1.82) is 0 Å². The van der Waals surface area contributed by atoms with Gasteiger partial charge in [-0.25, -0.2) is 9.18 Å². The summed E-state index contributed by atoms with van der Waals surface area (Å²) in [6, 6.07) is 8.11. The normalized spacial score (nSPS) is 10.3. The van der Waals surface area contributed by atoms with Gasteiger partial charge in [-0.15, -0.1) is 0 Å². The Labute approximate surface area is 121 Å². The molecule has 104 valence electrons. The maximum Gasteiger partial charge on any atom is 0.336 e. The fraction of sp³-hybridized carbons (Fsp3) is 0.0714. The molecule has 0 radical (unpaired) electrons. The minimum absolute atomic E-state index is 0.0463. The third-order valence-electron chi connectivity index (χ3n) is 2.60. The highest BCUT2D eigenvalue weighted by atomic mass is 79.9. The van der Waals surface area contributed by atoms with Crippen molar-refractivity contribution in [2.24, 2.45) is 0 Å². The van der Waals surface area contributed by atoms with Crippen LogP contribution in [-0.2, 0) is 6.61 Å². The Balaban J connectivity index is 2.24. The van der Waals surface area contributed by atoms with Gasteiger partial charge in [0.2, 0.25) is 5.82 Å². The standard InChI is InChI=1S/C14H9BrF2O3/c15-9-4-5-10(14(18)19)8(6-9)7-20-12-3-1-2-11(16)13(12)17/h1-6H,7H2,(H,18,19). The minimum Gasteiger partial charge on any atom is -0.486 e. The number of benzene rings is 2. The summed E-state index contributed by atoms with van der Waals surface area (Å²) in [5.74, 6) is -3.49. The van der Waals surface area contributed by atoms with Gasteiger partial charge in [-0.05, 0) is 30.3 Å². The van der Waals surface area contributed by atoms with E-state index in [4.69, 9.17) is 9.84 Å². The van der Waals surface area contributed by atoms with Crippen LogP contribution < -0.4 is 4.74 Å². The largest absolute Gasteiger partial charge is 0.486 e. The van der Waals surface area contributed by atoms with Crippen LogP contribution in [0.2, 0.25) is 0 Å². The van der Waals surface area contributed by atoms with E-state index in [1.165, 1.54) is 18.2 Å². The highest BCUT2D eigenvalue weighted by molar-refractivity contribution is 9.10. The second-order valence-electron chi connectivity index (χ2n) is 3.95. The summed E-state index contributed by atoms with van der Waals surface area (Å²) < 4.78 is 32.3. The number of hydrogen-bond acceptors (Lipinski definition) is 2.